The Hall–Kier alpha value is -3.88. The molecule has 1 fully saturated rings. The number of aliphatic hydroxyl groups is 1. The Bertz CT molecular complexity index is 1470. The van der Waals surface area contributed by atoms with E-state index in [4.69, 9.17) is 37.4 Å². The van der Waals surface area contributed by atoms with Crippen molar-refractivity contribution in [1.29, 1.82) is 0 Å². The summed E-state index contributed by atoms with van der Waals surface area (Å²) >= 11 is 12.8. The quantitative estimate of drug-likeness (QED) is 0.184. The lowest BCUT2D eigenvalue weighted by atomic mass is 9.94. The van der Waals surface area contributed by atoms with E-state index in [2.05, 4.69) is 0 Å². The Morgan fingerprint density at radius 1 is 0.950 bits per heavy atom. The van der Waals surface area contributed by atoms with Crippen molar-refractivity contribution in [3.63, 3.8) is 0 Å². The fourth-order valence-corrected chi connectivity index (χ4v) is 5.31. The lowest BCUT2D eigenvalue weighted by Crippen LogP contribution is -2.29. The molecule has 1 aliphatic rings. The molecule has 1 aliphatic heterocycles. The number of halogens is 2. The molecule has 0 aliphatic carbocycles. The molecule has 0 saturated carbocycles. The molecule has 0 spiro atoms. The highest BCUT2D eigenvalue weighted by Gasteiger charge is 2.47. The van der Waals surface area contributed by atoms with Crippen molar-refractivity contribution in [3.8, 4) is 17.2 Å². The van der Waals surface area contributed by atoms with E-state index in [1.165, 1.54) is 25.2 Å². The van der Waals surface area contributed by atoms with Gasteiger partial charge in [-0.25, -0.2) is 0 Å². The minimum absolute atomic E-state index is 0.0147. The minimum Gasteiger partial charge on any atom is -0.507 e. The number of methoxy groups -OCH3 is 2. The van der Waals surface area contributed by atoms with E-state index in [0.29, 0.717) is 17.0 Å². The van der Waals surface area contributed by atoms with Crippen LogP contribution in [0.3, 0.4) is 0 Å². The van der Waals surface area contributed by atoms with Crippen LogP contribution in [-0.4, -0.2) is 51.2 Å². The second kappa shape index (κ2) is 11.7. The van der Waals surface area contributed by atoms with Crippen molar-refractivity contribution in [2.24, 2.45) is 0 Å². The number of rotatable bonds is 8. The highest BCUT2D eigenvalue weighted by Crippen LogP contribution is 2.48. The molecule has 4 rings (SSSR count). The molecular formula is C30H30Cl2N2O6. The van der Waals surface area contributed by atoms with Crippen LogP contribution in [0.25, 0.3) is 5.76 Å². The molecule has 3 aromatic carbocycles. The van der Waals surface area contributed by atoms with Crippen LogP contribution in [-0.2, 0) is 9.59 Å². The minimum atomic E-state index is -0.961. The molecule has 40 heavy (non-hydrogen) atoms. The molecule has 1 saturated heterocycles. The van der Waals surface area contributed by atoms with Crippen LogP contribution in [0.2, 0.25) is 10.0 Å². The van der Waals surface area contributed by atoms with Gasteiger partial charge in [0.05, 0.1) is 42.5 Å². The number of anilines is 2. The van der Waals surface area contributed by atoms with Gasteiger partial charge < -0.3 is 24.2 Å². The van der Waals surface area contributed by atoms with Crippen molar-refractivity contribution in [2.75, 3.05) is 38.1 Å². The van der Waals surface area contributed by atoms with Gasteiger partial charge in [-0.15, -0.1) is 0 Å². The zero-order valence-corrected chi connectivity index (χ0v) is 24.5. The van der Waals surface area contributed by atoms with Crippen molar-refractivity contribution in [1.82, 2.24) is 0 Å². The maximum atomic E-state index is 13.6. The van der Waals surface area contributed by atoms with Gasteiger partial charge in [-0.05, 0) is 61.9 Å². The number of aliphatic hydroxyl groups excluding tert-OH is 1. The number of hydrogen-bond acceptors (Lipinski definition) is 7. The van der Waals surface area contributed by atoms with Crippen LogP contribution < -0.4 is 24.0 Å². The summed E-state index contributed by atoms with van der Waals surface area (Å²) in [6.07, 6.45) is -0.0339. The average molecular weight is 585 g/mol. The molecule has 0 bridgehead atoms. The van der Waals surface area contributed by atoms with Gasteiger partial charge in [0, 0.05) is 25.5 Å². The van der Waals surface area contributed by atoms with Gasteiger partial charge in [-0.2, -0.15) is 0 Å². The van der Waals surface area contributed by atoms with Crippen LogP contribution in [0.5, 0.6) is 17.2 Å². The van der Waals surface area contributed by atoms with Crippen molar-refractivity contribution in [2.45, 2.75) is 26.0 Å². The average Bonchev–Trinajstić information content (AvgIpc) is 3.18. The number of ether oxygens (including phenoxy) is 3. The molecule has 1 heterocycles. The molecule has 0 radical (unpaired) electrons. The Labute approximate surface area is 243 Å². The molecule has 8 nitrogen and oxygen atoms in total. The number of hydrogen-bond donors (Lipinski definition) is 1. The van der Waals surface area contributed by atoms with E-state index >= 15 is 0 Å². The Kier molecular flexibility index (Phi) is 8.51. The van der Waals surface area contributed by atoms with Crippen LogP contribution in [0, 0.1) is 0 Å². The summed E-state index contributed by atoms with van der Waals surface area (Å²) in [6.45, 7) is 3.83. The number of benzene rings is 3. The van der Waals surface area contributed by atoms with Gasteiger partial charge in [0.1, 0.15) is 16.5 Å². The van der Waals surface area contributed by atoms with E-state index in [9.17, 15) is 14.7 Å². The third kappa shape index (κ3) is 5.29. The third-order valence-electron chi connectivity index (χ3n) is 6.45. The summed E-state index contributed by atoms with van der Waals surface area (Å²) in [6, 6.07) is 14.7. The van der Waals surface area contributed by atoms with Crippen LogP contribution in [0.15, 0.2) is 60.2 Å². The summed E-state index contributed by atoms with van der Waals surface area (Å²) in [5, 5.41) is 11.7. The molecule has 1 unspecified atom stereocenters. The van der Waals surface area contributed by atoms with E-state index < -0.39 is 23.5 Å². The van der Waals surface area contributed by atoms with Gasteiger partial charge in [-0.1, -0.05) is 35.3 Å². The van der Waals surface area contributed by atoms with Crippen LogP contribution in [0.4, 0.5) is 11.4 Å². The van der Waals surface area contributed by atoms with Crippen molar-refractivity contribution in [3.05, 3.63) is 81.3 Å². The number of amides is 1. The normalized spacial score (nSPS) is 16.4. The van der Waals surface area contributed by atoms with Crippen LogP contribution >= 0.6 is 23.2 Å². The Morgan fingerprint density at radius 3 is 2.08 bits per heavy atom. The smallest absolute Gasteiger partial charge is 0.300 e. The first kappa shape index (κ1) is 29.1. The lowest BCUT2D eigenvalue weighted by Gasteiger charge is -2.26. The third-order valence-corrected chi connectivity index (χ3v) is 7.08. The Morgan fingerprint density at radius 2 is 1.55 bits per heavy atom. The molecule has 0 aromatic heterocycles. The molecule has 1 atom stereocenters. The van der Waals surface area contributed by atoms with E-state index in [1.807, 2.05) is 57.1 Å². The zero-order chi connectivity index (χ0) is 29.3. The fraction of sp³-hybridized carbons (Fsp3) is 0.267. The molecular weight excluding hydrogens is 555 g/mol. The molecule has 3 aromatic rings. The number of carbonyl (C=O) groups is 2. The lowest BCUT2D eigenvalue weighted by molar-refractivity contribution is -0.132. The second-order valence-corrected chi connectivity index (χ2v) is 10.4. The highest BCUT2D eigenvalue weighted by molar-refractivity contribution is 6.52. The Balaban J connectivity index is 1.95. The van der Waals surface area contributed by atoms with Gasteiger partial charge in [0.25, 0.3) is 11.7 Å². The fourth-order valence-electron chi connectivity index (χ4n) is 4.62. The molecule has 10 heteroatoms. The van der Waals surface area contributed by atoms with Crippen molar-refractivity contribution < 1.29 is 28.9 Å². The maximum Gasteiger partial charge on any atom is 0.300 e. The molecule has 1 N–H and O–H groups in total. The van der Waals surface area contributed by atoms with Gasteiger partial charge in [0.15, 0.2) is 11.5 Å². The zero-order valence-electron chi connectivity index (χ0n) is 23.0. The molecule has 210 valence electrons. The van der Waals surface area contributed by atoms with E-state index in [1.54, 1.807) is 24.3 Å². The maximum absolute atomic E-state index is 13.6. The number of Topliss-reactive ketones (excluding diaryl/α,β-unsaturated/α-hetero) is 1. The predicted octanol–water partition coefficient (Wildman–Crippen LogP) is 6.49. The van der Waals surface area contributed by atoms with E-state index in [-0.39, 0.29) is 38.8 Å². The summed E-state index contributed by atoms with van der Waals surface area (Å²) < 4.78 is 16.5. The number of nitrogens with zero attached hydrogens (tertiary/aromatic N) is 2. The van der Waals surface area contributed by atoms with Gasteiger partial charge in [-0.3, -0.25) is 14.5 Å². The second-order valence-electron chi connectivity index (χ2n) is 9.60. The first-order valence-corrected chi connectivity index (χ1v) is 13.2. The van der Waals surface area contributed by atoms with Gasteiger partial charge in [0.2, 0.25) is 0 Å². The largest absolute Gasteiger partial charge is 0.507 e. The summed E-state index contributed by atoms with van der Waals surface area (Å²) in [4.78, 5) is 30.4. The first-order chi connectivity index (χ1) is 19.0. The first-order valence-electron chi connectivity index (χ1n) is 12.4. The SMILES string of the molecule is COc1c(Cl)cc(/C(O)=C2\C(=O)C(=O)N(c3ccc(OC(C)C)cc3)C2c2ccc(N(C)C)cc2)c(OC)c1Cl. The topological polar surface area (TPSA) is 88.5 Å². The van der Waals surface area contributed by atoms with Crippen molar-refractivity contribution >= 4 is 52.0 Å². The van der Waals surface area contributed by atoms with Crippen LogP contribution in [0.1, 0.15) is 31.0 Å². The highest BCUT2D eigenvalue weighted by atomic mass is 35.5. The summed E-state index contributed by atoms with van der Waals surface area (Å²) in [7, 11) is 6.57. The van der Waals surface area contributed by atoms with E-state index in [0.717, 1.165) is 5.69 Å². The van der Waals surface area contributed by atoms with Gasteiger partial charge >= 0.3 is 0 Å². The number of ketones is 1. The molecule has 1 amide bonds. The standard InChI is InChI=1S/C30H30Cl2N2O6/c1-16(2)40-20-13-11-19(12-14-20)34-25(17-7-9-18(10-8-17)33(3)4)23(27(36)30(34)37)26(35)21-15-22(31)29(39-6)24(32)28(21)38-5/h7-16,25,35H,1-6H3/b26-23+. The summed E-state index contributed by atoms with van der Waals surface area (Å²) in [5.74, 6) is -1.34. The number of carbonyl (C=O) groups excluding carboxylic acids is 2. The monoisotopic (exact) mass is 584 g/mol. The summed E-state index contributed by atoms with van der Waals surface area (Å²) in [5.41, 5.74) is 1.90. The predicted molar refractivity (Wildman–Crippen MR) is 157 cm³/mol.